The van der Waals surface area contributed by atoms with E-state index < -0.39 is 0 Å². The summed E-state index contributed by atoms with van der Waals surface area (Å²) in [6.45, 7) is 4.73. The summed E-state index contributed by atoms with van der Waals surface area (Å²) in [5.74, 6) is 0. The molecule has 8 aromatic carbocycles. The minimum Gasteiger partial charge on any atom is -0.311 e. The van der Waals surface area contributed by atoms with Crippen molar-refractivity contribution in [1.82, 2.24) is 0 Å². The Bertz CT molecular complexity index is 2370. The molecule has 1 aliphatic rings. The van der Waals surface area contributed by atoms with Crippen LogP contribution in [0.25, 0.3) is 55.3 Å². The van der Waals surface area contributed by atoms with Crippen LogP contribution >= 0.6 is 0 Å². The van der Waals surface area contributed by atoms with Crippen LogP contribution < -0.4 is 4.90 Å². The van der Waals surface area contributed by atoms with Crippen molar-refractivity contribution in [3.8, 4) is 44.5 Å². The summed E-state index contributed by atoms with van der Waals surface area (Å²) in [5.41, 5.74) is 16.1. The van der Waals surface area contributed by atoms with Gasteiger partial charge in [-0.25, -0.2) is 0 Å². The Balaban J connectivity index is 1.10. The summed E-state index contributed by atoms with van der Waals surface area (Å²) in [7, 11) is 0. The van der Waals surface area contributed by atoms with Crippen LogP contribution in [0.1, 0.15) is 25.0 Å². The smallest absolute Gasteiger partial charge is 0.0462 e. The average molecular weight is 640 g/mol. The Kier molecular flexibility index (Phi) is 7.21. The number of fused-ring (bicyclic) bond motifs is 5. The van der Waals surface area contributed by atoms with Gasteiger partial charge < -0.3 is 4.90 Å². The van der Waals surface area contributed by atoms with Crippen molar-refractivity contribution in [3.05, 3.63) is 199 Å². The number of anilines is 3. The summed E-state index contributed by atoms with van der Waals surface area (Å²) in [5, 5.41) is 2.62. The topological polar surface area (TPSA) is 3.24 Å². The van der Waals surface area contributed by atoms with Gasteiger partial charge in [0.25, 0.3) is 0 Å². The number of benzene rings is 8. The largest absolute Gasteiger partial charge is 0.311 e. The van der Waals surface area contributed by atoms with Gasteiger partial charge in [-0.3, -0.25) is 0 Å². The van der Waals surface area contributed by atoms with Crippen molar-refractivity contribution in [1.29, 1.82) is 0 Å². The van der Waals surface area contributed by atoms with E-state index in [1.807, 2.05) is 0 Å². The van der Waals surface area contributed by atoms with E-state index in [0.717, 1.165) is 17.1 Å². The highest BCUT2D eigenvalue weighted by atomic mass is 15.1. The lowest BCUT2D eigenvalue weighted by atomic mass is 9.80. The van der Waals surface area contributed by atoms with Gasteiger partial charge in [0.2, 0.25) is 0 Å². The summed E-state index contributed by atoms with van der Waals surface area (Å²) in [6.07, 6.45) is 0. The maximum atomic E-state index is 2.40. The van der Waals surface area contributed by atoms with Crippen LogP contribution in [0.4, 0.5) is 17.1 Å². The van der Waals surface area contributed by atoms with E-state index in [-0.39, 0.29) is 5.41 Å². The second-order valence-corrected chi connectivity index (χ2v) is 13.8. The first kappa shape index (κ1) is 29.9. The van der Waals surface area contributed by atoms with Gasteiger partial charge in [0.15, 0.2) is 0 Å². The molecule has 1 aliphatic carbocycles. The van der Waals surface area contributed by atoms with E-state index >= 15 is 0 Å². The van der Waals surface area contributed by atoms with Crippen LogP contribution in [0.2, 0.25) is 0 Å². The molecule has 0 radical (unpaired) electrons. The van der Waals surface area contributed by atoms with Crippen LogP contribution in [0.15, 0.2) is 188 Å². The molecular formula is C49H37N. The third kappa shape index (κ3) is 5.11. The molecule has 0 unspecified atom stereocenters. The Morgan fingerprint density at radius 3 is 1.32 bits per heavy atom. The molecule has 0 atom stereocenters. The zero-order valence-electron chi connectivity index (χ0n) is 28.3. The van der Waals surface area contributed by atoms with Gasteiger partial charge in [0.05, 0.1) is 0 Å². The first-order valence-electron chi connectivity index (χ1n) is 17.4. The van der Waals surface area contributed by atoms with Crippen molar-refractivity contribution in [3.63, 3.8) is 0 Å². The van der Waals surface area contributed by atoms with Crippen LogP contribution in [-0.2, 0) is 5.41 Å². The monoisotopic (exact) mass is 639 g/mol. The third-order valence-electron chi connectivity index (χ3n) is 10.5. The molecule has 0 saturated carbocycles. The highest BCUT2D eigenvalue weighted by Crippen LogP contribution is 2.51. The maximum absolute atomic E-state index is 2.40. The number of rotatable bonds is 6. The molecule has 0 aromatic heterocycles. The van der Waals surface area contributed by atoms with Crippen LogP contribution in [0, 0.1) is 0 Å². The Hall–Kier alpha value is -6.18. The van der Waals surface area contributed by atoms with Crippen LogP contribution in [0.3, 0.4) is 0 Å². The quantitative estimate of drug-likeness (QED) is 0.175. The summed E-state index contributed by atoms with van der Waals surface area (Å²) in [4.78, 5) is 2.35. The Morgan fingerprint density at radius 2 is 0.780 bits per heavy atom. The summed E-state index contributed by atoms with van der Waals surface area (Å²) >= 11 is 0. The van der Waals surface area contributed by atoms with Gasteiger partial charge in [-0.2, -0.15) is 0 Å². The van der Waals surface area contributed by atoms with Gasteiger partial charge in [0.1, 0.15) is 0 Å². The van der Waals surface area contributed by atoms with E-state index in [9.17, 15) is 0 Å². The van der Waals surface area contributed by atoms with Crippen molar-refractivity contribution < 1.29 is 0 Å². The molecule has 1 heteroatoms. The SMILES string of the molecule is CC1(C)c2ccccc2-c2ccc3ccc(-c4ccc(N(c5ccc(-c6ccccc6)cc5)c5ccc(-c6ccccc6)cc5)cc4)cc3c21. The van der Waals surface area contributed by atoms with Gasteiger partial charge in [-0.15, -0.1) is 0 Å². The minimum absolute atomic E-state index is 0.0550. The fraction of sp³-hybridized carbons (Fsp3) is 0.0612. The lowest BCUT2D eigenvalue weighted by Crippen LogP contribution is -2.15. The number of hydrogen-bond donors (Lipinski definition) is 0. The van der Waals surface area contributed by atoms with E-state index in [1.54, 1.807) is 0 Å². The molecule has 0 fully saturated rings. The standard InChI is InChI=1S/C49H37N/c1-49(2)47-16-10-9-15-44(47)45-32-25-39-17-18-40(33-46(39)48(45)49)38-23-30-43(31-24-38)50(41-26-19-36(20-27-41)34-11-5-3-6-12-34)42-28-21-37(22-29-42)35-13-7-4-8-14-35/h3-33H,1-2H3. The lowest BCUT2D eigenvalue weighted by molar-refractivity contribution is 0.666. The zero-order chi connectivity index (χ0) is 33.7. The molecule has 0 spiro atoms. The lowest BCUT2D eigenvalue weighted by Gasteiger charge is -2.26. The number of nitrogens with zero attached hydrogens (tertiary/aromatic N) is 1. The summed E-state index contributed by atoms with van der Waals surface area (Å²) in [6, 6.07) is 68.4. The van der Waals surface area contributed by atoms with Crippen LogP contribution in [-0.4, -0.2) is 0 Å². The molecule has 50 heavy (non-hydrogen) atoms. The molecule has 0 saturated heterocycles. The predicted octanol–water partition coefficient (Wildman–Crippen LogP) is 13.6. The molecule has 0 amide bonds. The molecule has 0 aliphatic heterocycles. The second kappa shape index (κ2) is 12.1. The molecule has 0 N–H and O–H groups in total. The fourth-order valence-corrected chi connectivity index (χ4v) is 7.91. The van der Waals surface area contributed by atoms with Gasteiger partial charge >= 0.3 is 0 Å². The van der Waals surface area contributed by atoms with E-state index in [1.165, 1.54) is 66.4 Å². The molecule has 238 valence electrons. The molecule has 8 aromatic rings. The highest BCUT2D eigenvalue weighted by Gasteiger charge is 2.36. The van der Waals surface area contributed by atoms with E-state index in [0.29, 0.717) is 0 Å². The van der Waals surface area contributed by atoms with Gasteiger partial charge in [0, 0.05) is 22.5 Å². The predicted molar refractivity (Wildman–Crippen MR) is 213 cm³/mol. The van der Waals surface area contributed by atoms with Crippen molar-refractivity contribution in [2.24, 2.45) is 0 Å². The van der Waals surface area contributed by atoms with Crippen molar-refractivity contribution in [2.45, 2.75) is 19.3 Å². The second-order valence-electron chi connectivity index (χ2n) is 13.8. The van der Waals surface area contributed by atoms with Crippen molar-refractivity contribution in [2.75, 3.05) is 4.90 Å². The molecular weight excluding hydrogens is 603 g/mol. The first-order valence-corrected chi connectivity index (χ1v) is 17.4. The number of hydrogen-bond acceptors (Lipinski definition) is 1. The maximum Gasteiger partial charge on any atom is 0.0462 e. The van der Waals surface area contributed by atoms with Crippen molar-refractivity contribution >= 4 is 27.8 Å². The van der Waals surface area contributed by atoms with Gasteiger partial charge in [-0.05, 0) is 109 Å². The fourth-order valence-electron chi connectivity index (χ4n) is 7.91. The van der Waals surface area contributed by atoms with Gasteiger partial charge in [-0.1, -0.05) is 159 Å². The average Bonchev–Trinajstić information content (AvgIpc) is 3.42. The molecule has 0 bridgehead atoms. The van der Waals surface area contributed by atoms with E-state index in [2.05, 4.69) is 207 Å². The zero-order valence-corrected chi connectivity index (χ0v) is 28.3. The van der Waals surface area contributed by atoms with Crippen LogP contribution in [0.5, 0.6) is 0 Å². The summed E-state index contributed by atoms with van der Waals surface area (Å²) < 4.78 is 0. The normalized spacial score (nSPS) is 12.8. The molecule has 1 nitrogen and oxygen atoms in total. The molecule has 9 rings (SSSR count). The van der Waals surface area contributed by atoms with E-state index in [4.69, 9.17) is 0 Å². The Morgan fingerprint density at radius 1 is 0.360 bits per heavy atom. The third-order valence-corrected chi connectivity index (χ3v) is 10.5. The molecule has 0 heterocycles. The minimum atomic E-state index is -0.0550. The first-order chi connectivity index (χ1) is 24.5. The highest BCUT2D eigenvalue weighted by molar-refractivity contribution is 5.99. The Labute approximate surface area is 294 Å².